The van der Waals surface area contributed by atoms with Gasteiger partial charge in [0.1, 0.15) is 5.78 Å². The topological polar surface area (TPSA) is 46.6 Å². The Kier molecular flexibility index (Phi) is 5.85. The summed E-state index contributed by atoms with van der Waals surface area (Å²) < 4.78 is 4.75. The summed E-state index contributed by atoms with van der Waals surface area (Å²) in [6.07, 6.45) is -0.152. The van der Waals surface area contributed by atoms with Crippen LogP contribution in [0.5, 0.6) is 0 Å². The molecule has 0 aliphatic carbocycles. The van der Waals surface area contributed by atoms with Gasteiger partial charge in [0.25, 0.3) is 0 Å². The number of benzene rings is 1. The number of para-hydroxylation sites is 1. The van der Waals surface area contributed by atoms with E-state index in [1.54, 1.807) is 0 Å². The maximum Gasteiger partial charge on any atom is 0.414 e. The highest BCUT2D eigenvalue weighted by molar-refractivity contribution is 9.09. The van der Waals surface area contributed by atoms with Crippen molar-refractivity contribution >= 4 is 33.5 Å². The van der Waals surface area contributed by atoms with Crippen LogP contribution in [0.25, 0.3) is 0 Å². The van der Waals surface area contributed by atoms with Crippen molar-refractivity contribution in [2.45, 2.75) is 13.3 Å². The second kappa shape index (κ2) is 7.16. The Bertz CT molecular complexity index is 434. The van der Waals surface area contributed by atoms with E-state index in [0.717, 1.165) is 11.3 Å². The Morgan fingerprint density at radius 3 is 2.56 bits per heavy atom. The fourth-order valence-electron chi connectivity index (χ4n) is 1.59. The number of amides is 1. The molecule has 98 valence electrons. The molecule has 0 saturated heterocycles. The molecule has 4 nitrogen and oxygen atoms in total. The van der Waals surface area contributed by atoms with Crippen LogP contribution < -0.4 is 4.90 Å². The zero-order valence-corrected chi connectivity index (χ0v) is 12.1. The average molecular weight is 314 g/mol. The van der Waals surface area contributed by atoms with Crippen molar-refractivity contribution < 1.29 is 14.3 Å². The summed E-state index contributed by atoms with van der Waals surface area (Å²) in [5, 5.41) is 0.301. The number of ether oxygens (including phenoxy) is 1. The van der Waals surface area contributed by atoms with Crippen molar-refractivity contribution in [1.29, 1.82) is 0 Å². The molecule has 1 aromatic rings. The number of halogens is 1. The molecule has 0 fully saturated rings. The third-order valence-electron chi connectivity index (χ3n) is 2.56. The molecule has 0 spiro atoms. The highest BCUT2D eigenvalue weighted by Gasteiger charge is 2.18. The monoisotopic (exact) mass is 313 g/mol. The van der Waals surface area contributed by atoms with Gasteiger partial charge in [-0.05, 0) is 18.6 Å². The number of carbonyl (C=O) groups is 2. The van der Waals surface area contributed by atoms with Gasteiger partial charge in [-0.1, -0.05) is 34.1 Å². The molecular formula is C13H16BrNO3. The predicted octanol–water partition coefficient (Wildman–Crippen LogP) is 2.92. The highest BCUT2D eigenvalue weighted by atomic mass is 79.9. The Hall–Kier alpha value is -1.36. The summed E-state index contributed by atoms with van der Waals surface area (Å²) in [6, 6.07) is 7.50. The third-order valence-corrected chi connectivity index (χ3v) is 3.19. The minimum atomic E-state index is -0.452. The molecule has 0 radical (unpaired) electrons. The van der Waals surface area contributed by atoms with Gasteiger partial charge in [-0.3, -0.25) is 9.69 Å². The van der Waals surface area contributed by atoms with Crippen molar-refractivity contribution in [3.05, 3.63) is 29.8 Å². The fraction of sp³-hybridized carbons (Fsp3) is 0.385. The Morgan fingerprint density at radius 2 is 2.00 bits per heavy atom. The summed E-state index contributed by atoms with van der Waals surface area (Å²) in [6.45, 7) is 2.24. The van der Waals surface area contributed by atoms with E-state index in [0.29, 0.717) is 18.3 Å². The zero-order chi connectivity index (χ0) is 13.5. The summed E-state index contributed by atoms with van der Waals surface area (Å²) in [5.41, 5.74) is 1.74. The maximum absolute atomic E-state index is 11.7. The van der Waals surface area contributed by atoms with Crippen LogP contribution in [0.15, 0.2) is 24.3 Å². The molecular weight excluding hydrogens is 298 g/mol. The van der Waals surface area contributed by atoms with Crippen LogP contribution >= 0.6 is 15.9 Å². The summed E-state index contributed by atoms with van der Waals surface area (Å²) in [7, 11) is 1.33. The van der Waals surface area contributed by atoms with Crippen molar-refractivity contribution in [1.82, 2.24) is 0 Å². The van der Waals surface area contributed by atoms with Crippen LogP contribution in [0.2, 0.25) is 0 Å². The minimum absolute atomic E-state index is 0.0532. The molecule has 0 aromatic heterocycles. The van der Waals surface area contributed by atoms with Gasteiger partial charge in [-0.15, -0.1) is 0 Å². The first-order chi connectivity index (χ1) is 8.60. The Labute approximate surface area is 115 Å². The second-order valence-electron chi connectivity index (χ2n) is 3.83. The lowest BCUT2D eigenvalue weighted by atomic mass is 10.1. The number of ketones is 1. The lowest BCUT2D eigenvalue weighted by molar-refractivity contribution is -0.116. The largest absolute Gasteiger partial charge is 0.452 e. The molecule has 18 heavy (non-hydrogen) atoms. The standard InChI is InChI=1S/C13H16BrNO3/c1-10-5-3-4-6-12(10)15(13(17)18-2)8-7-11(16)9-14/h3-6H,7-9H2,1-2H3. The second-order valence-corrected chi connectivity index (χ2v) is 4.39. The molecule has 1 aromatic carbocycles. The van der Waals surface area contributed by atoms with Gasteiger partial charge in [0, 0.05) is 18.7 Å². The minimum Gasteiger partial charge on any atom is -0.452 e. The number of anilines is 1. The molecule has 0 aliphatic rings. The van der Waals surface area contributed by atoms with E-state index in [1.165, 1.54) is 12.0 Å². The molecule has 0 heterocycles. The Morgan fingerprint density at radius 1 is 1.33 bits per heavy atom. The SMILES string of the molecule is COC(=O)N(CCC(=O)CBr)c1ccccc1C. The van der Waals surface area contributed by atoms with Gasteiger partial charge in [-0.25, -0.2) is 4.79 Å². The van der Waals surface area contributed by atoms with Crippen molar-refractivity contribution in [2.75, 3.05) is 23.9 Å². The molecule has 1 amide bonds. The molecule has 0 saturated carbocycles. The van der Waals surface area contributed by atoms with Gasteiger partial charge < -0.3 is 4.74 Å². The lowest BCUT2D eigenvalue weighted by Crippen LogP contribution is -2.33. The van der Waals surface area contributed by atoms with Gasteiger partial charge in [0.2, 0.25) is 0 Å². The first-order valence-corrected chi connectivity index (χ1v) is 6.71. The number of nitrogens with zero attached hydrogens (tertiary/aromatic N) is 1. The summed E-state index contributed by atoms with van der Waals surface area (Å²) in [4.78, 5) is 24.5. The van der Waals surface area contributed by atoms with Crippen molar-refractivity contribution in [3.8, 4) is 0 Å². The number of hydrogen-bond acceptors (Lipinski definition) is 3. The van der Waals surface area contributed by atoms with E-state index in [9.17, 15) is 9.59 Å². The van der Waals surface area contributed by atoms with E-state index in [2.05, 4.69) is 15.9 Å². The van der Waals surface area contributed by atoms with Crippen LogP contribution in [-0.4, -0.2) is 30.9 Å². The Balaban J connectivity index is 2.89. The molecule has 0 bridgehead atoms. The molecule has 1 rings (SSSR count). The van der Waals surface area contributed by atoms with Crippen LogP contribution in [0.1, 0.15) is 12.0 Å². The van der Waals surface area contributed by atoms with E-state index < -0.39 is 6.09 Å². The normalized spacial score (nSPS) is 9.94. The van der Waals surface area contributed by atoms with Gasteiger partial charge >= 0.3 is 6.09 Å². The number of rotatable bonds is 5. The van der Waals surface area contributed by atoms with Crippen LogP contribution in [0, 0.1) is 6.92 Å². The molecule has 0 aliphatic heterocycles. The first-order valence-electron chi connectivity index (χ1n) is 5.59. The van der Waals surface area contributed by atoms with Gasteiger partial charge in [0.05, 0.1) is 12.4 Å². The molecule has 0 N–H and O–H groups in total. The molecule has 5 heteroatoms. The van der Waals surface area contributed by atoms with E-state index in [-0.39, 0.29) is 5.78 Å². The van der Waals surface area contributed by atoms with Crippen molar-refractivity contribution in [2.24, 2.45) is 0 Å². The number of alkyl halides is 1. The number of carbonyl (C=O) groups excluding carboxylic acids is 2. The molecule has 0 unspecified atom stereocenters. The quantitative estimate of drug-likeness (QED) is 0.785. The van der Waals surface area contributed by atoms with E-state index >= 15 is 0 Å². The van der Waals surface area contributed by atoms with E-state index in [1.807, 2.05) is 31.2 Å². The summed E-state index contributed by atoms with van der Waals surface area (Å²) in [5.74, 6) is 0.0532. The van der Waals surface area contributed by atoms with Crippen LogP contribution in [-0.2, 0) is 9.53 Å². The smallest absolute Gasteiger partial charge is 0.414 e. The highest BCUT2D eigenvalue weighted by Crippen LogP contribution is 2.20. The lowest BCUT2D eigenvalue weighted by Gasteiger charge is -2.22. The number of hydrogen-bond donors (Lipinski definition) is 0. The number of aryl methyl sites for hydroxylation is 1. The fourth-order valence-corrected chi connectivity index (χ4v) is 1.87. The zero-order valence-electron chi connectivity index (χ0n) is 10.5. The molecule has 0 atom stereocenters. The average Bonchev–Trinajstić information content (AvgIpc) is 2.40. The van der Waals surface area contributed by atoms with Crippen molar-refractivity contribution in [3.63, 3.8) is 0 Å². The first kappa shape index (κ1) is 14.7. The number of Topliss-reactive ketones (excluding diaryl/α,β-unsaturated/α-hetero) is 1. The third kappa shape index (κ3) is 3.84. The maximum atomic E-state index is 11.7. The summed E-state index contributed by atoms with van der Waals surface area (Å²) >= 11 is 3.11. The number of methoxy groups -OCH3 is 1. The van der Waals surface area contributed by atoms with Gasteiger partial charge in [0.15, 0.2) is 0 Å². The predicted molar refractivity (Wildman–Crippen MR) is 74.3 cm³/mol. The van der Waals surface area contributed by atoms with Crippen LogP contribution in [0.3, 0.4) is 0 Å². The van der Waals surface area contributed by atoms with Crippen LogP contribution in [0.4, 0.5) is 10.5 Å². The van der Waals surface area contributed by atoms with E-state index in [4.69, 9.17) is 4.74 Å². The van der Waals surface area contributed by atoms with Gasteiger partial charge in [-0.2, -0.15) is 0 Å².